The van der Waals surface area contributed by atoms with Crippen LogP contribution >= 0.6 is 0 Å². The molecule has 8 nitrogen and oxygen atoms in total. The van der Waals surface area contributed by atoms with Crippen molar-refractivity contribution in [3.8, 4) is 17.0 Å². The molecule has 0 aliphatic heterocycles. The minimum Gasteiger partial charge on any atom is -0.497 e. The second kappa shape index (κ2) is 7.88. The molecule has 0 unspecified atom stereocenters. The van der Waals surface area contributed by atoms with Crippen molar-refractivity contribution in [2.45, 2.75) is 26.8 Å². The third kappa shape index (κ3) is 4.61. The molecule has 0 bridgehead atoms. The van der Waals surface area contributed by atoms with Gasteiger partial charge in [0.05, 0.1) is 24.5 Å². The van der Waals surface area contributed by atoms with Crippen molar-refractivity contribution in [1.29, 1.82) is 0 Å². The SMILES string of the molecule is COc1ccc(-c2noc(C(=O)O)c2[C@@H](C)NS(=O)(=O)CC(C)C)cc1. The van der Waals surface area contributed by atoms with Crippen molar-refractivity contribution < 1.29 is 27.6 Å². The number of benzene rings is 1. The summed E-state index contributed by atoms with van der Waals surface area (Å²) in [7, 11) is -2.06. The lowest BCUT2D eigenvalue weighted by molar-refractivity contribution is 0.0649. The third-order valence-electron chi connectivity index (χ3n) is 3.63. The van der Waals surface area contributed by atoms with Crippen molar-refractivity contribution in [2.75, 3.05) is 12.9 Å². The van der Waals surface area contributed by atoms with Crippen molar-refractivity contribution >= 4 is 16.0 Å². The topological polar surface area (TPSA) is 119 Å². The second-order valence-corrected chi connectivity index (χ2v) is 8.12. The standard InChI is InChI=1S/C17H22N2O6S/c1-10(2)9-26(22,23)19-11(3)14-15(18-25-16(14)17(20)21)12-5-7-13(24-4)8-6-12/h5-8,10-11,19H,9H2,1-4H3,(H,20,21)/t11-/m1/s1. The van der Waals surface area contributed by atoms with Crippen LogP contribution in [0.1, 0.15) is 42.9 Å². The van der Waals surface area contributed by atoms with Crippen LogP contribution in [0.25, 0.3) is 11.3 Å². The molecular formula is C17H22N2O6S. The van der Waals surface area contributed by atoms with Gasteiger partial charge >= 0.3 is 5.97 Å². The van der Waals surface area contributed by atoms with E-state index in [0.29, 0.717) is 11.3 Å². The highest BCUT2D eigenvalue weighted by Gasteiger charge is 2.29. The van der Waals surface area contributed by atoms with E-state index >= 15 is 0 Å². The number of aromatic nitrogens is 1. The van der Waals surface area contributed by atoms with Gasteiger partial charge < -0.3 is 14.4 Å². The van der Waals surface area contributed by atoms with Crippen LogP contribution < -0.4 is 9.46 Å². The van der Waals surface area contributed by atoms with Crippen LogP contribution in [0, 0.1) is 5.92 Å². The Morgan fingerprint density at radius 2 is 1.88 bits per heavy atom. The van der Waals surface area contributed by atoms with E-state index in [1.54, 1.807) is 45.0 Å². The van der Waals surface area contributed by atoms with Gasteiger partial charge in [0, 0.05) is 5.56 Å². The van der Waals surface area contributed by atoms with E-state index in [4.69, 9.17) is 9.26 Å². The number of carbonyl (C=O) groups is 1. The number of hydrogen-bond acceptors (Lipinski definition) is 6. The predicted octanol–water partition coefficient (Wildman–Crippen LogP) is 2.68. The lowest BCUT2D eigenvalue weighted by atomic mass is 10.0. The van der Waals surface area contributed by atoms with E-state index in [2.05, 4.69) is 9.88 Å². The smallest absolute Gasteiger partial charge is 0.375 e. The van der Waals surface area contributed by atoms with E-state index in [1.807, 2.05) is 0 Å². The molecule has 1 atom stereocenters. The number of aromatic carboxylic acids is 1. The number of carboxylic acid groups (broad SMARTS) is 1. The van der Waals surface area contributed by atoms with E-state index < -0.39 is 27.8 Å². The first-order chi connectivity index (χ1) is 12.1. The number of nitrogens with one attached hydrogen (secondary N) is 1. The number of ether oxygens (including phenoxy) is 1. The zero-order chi connectivity index (χ0) is 19.5. The molecule has 9 heteroatoms. The van der Waals surface area contributed by atoms with Crippen molar-refractivity contribution in [2.24, 2.45) is 5.92 Å². The zero-order valence-electron chi connectivity index (χ0n) is 15.0. The molecule has 0 aliphatic carbocycles. The van der Waals surface area contributed by atoms with E-state index in [9.17, 15) is 18.3 Å². The van der Waals surface area contributed by atoms with E-state index in [1.165, 1.54) is 7.11 Å². The fraction of sp³-hybridized carbons (Fsp3) is 0.412. The maximum absolute atomic E-state index is 12.2. The van der Waals surface area contributed by atoms with Gasteiger partial charge in [-0.3, -0.25) is 0 Å². The molecule has 0 saturated heterocycles. The number of sulfonamides is 1. The molecule has 2 N–H and O–H groups in total. The van der Waals surface area contributed by atoms with Gasteiger partial charge in [0.1, 0.15) is 11.4 Å². The molecule has 26 heavy (non-hydrogen) atoms. The van der Waals surface area contributed by atoms with Crippen molar-refractivity contribution in [3.63, 3.8) is 0 Å². The number of methoxy groups -OCH3 is 1. The van der Waals surface area contributed by atoms with Crippen LogP contribution in [0.2, 0.25) is 0 Å². The van der Waals surface area contributed by atoms with Crippen LogP contribution in [0.5, 0.6) is 5.75 Å². The summed E-state index contributed by atoms with van der Waals surface area (Å²) in [4.78, 5) is 11.5. The fourth-order valence-corrected chi connectivity index (χ4v) is 4.26. The van der Waals surface area contributed by atoms with Gasteiger partial charge in [-0.1, -0.05) is 19.0 Å². The van der Waals surface area contributed by atoms with Crippen LogP contribution in [-0.4, -0.2) is 37.5 Å². The molecule has 0 aliphatic rings. The Morgan fingerprint density at radius 3 is 2.38 bits per heavy atom. The van der Waals surface area contributed by atoms with Crippen LogP contribution in [0.4, 0.5) is 0 Å². The highest BCUT2D eigenvalue weighted by molar-refractivity contribution is 7.89. The summed E-state index contributed by atoms with van der Waals surface area (Å²) in [5.41, 5.74) is 1.03. The Bertz CT molecular complexity index is 871. The minimum absolute atomic E-state index is 0.0666. The largest absolute Gasteiger partial charge is 0.497 e. The third-order valence-corrected chi connectivity index (χ3v) is 5.45. The maximum Gasteiger partial charge on any atom is 0.375 e. The summed E-state index contributed by atoms with van der Waals surface area (Å²) in [6.45, 7) is 5.13. The van der Waals surface area contributed by atoms with E-state index in [0.717, 1.165) is 0 Å². The molecule has 0 saturated carbocycles. The molecule has 0 spiro atoms. The average molecular weight is 382 g/mol. The first kappa shape index (κ1) is 19.9. The summed E-state index contributed by atoms with van der Waals surface area (Å²) in [6, 6.07) is 5.96. The van der Waals surface area contributed by atoms with Gasteiger partial charge in [0.15, 0.2) is 0 Å². The number of hydrogen-bond donors (Lipinski definition) is 2. The second-order valence-electron chi connectivity index (χ2n) is 6.32. The summed E-state index contributed by atoms with van der Waals surface area (Å²) in [5.74, 6) is -1.22. The summed E-state index contributed by atoms with van der Waals surface area (Å²) in [6.07, 6.45) is 0. The van der Waals surface area contributed by atoms with Gasteiger partial charge in [-0.25, -0.2) is 17.9 Å². The van der Waals surface area contributed by atoms with Crippen LogP contribution in [0.15, 0.2) is 28.8 Å². The Kier molecular flexibility index (Phi) is 6.04. The normalized spacial score (nSPS) is 13.0. The van der Waals surface area contributed by atoms with Crippen LogP contribution in [-0.2, 0) is 10.0 Å². The number of carboxylic acids is 1. The Hall–Kier alpha value is -2.39. The molecule has 1 aromatic heterocycles. The average Bonchev–Trinajstić information content (AvgIpc) is 2.98. The zero-order valence-corrected chi connectivity index (χ0v) is 15.8. The number of nitrogens with zero attached hydrogens (tertiary/aromatic N) is 1. The van der Waals surface area contributed by atoms with E-state index in [-0.39, 0.29) is 22.9 Å². The molecule has 0 amide bonds. The van der Waals surface area contributed by atoms with Gasteiger partial charge in [-0.15, -0.1) is 0 Å². The van der Waals surface area contributed by atoms with Gasteiger partial charge in [0.25, 0.3) is 0 Å². The van der Waals surface area contributed by atoms with Crippen molar-refractivity contribution in [3.05, 3.63) is 35.6 Å². The first-order valence-corrected chi connectivity index (χ1v) is 9.67. The predicted molar refractivity (Wildman–Crippen MR) is 95.6 cm³/mol. The first-order valence-electron chi connectivity index (χ1n) is 8.02. The maximum atomic E-state index is 12.2. The highest BCUT2D eigenvalue weighted by Crippen LogP contribution is 2.32. The Morgan fingerprint density at radius 1 is 1.27 bits per heavy atom. The number of rotatable bonds is 8. The summed E-state index contributed by atoms with van der Waals surface area (Å²) >= 11 is 0. The van der Waals surface area contributed by atoms with Crippen molar-refractivity contribution in [1.82, 2.24) is 9.88 Å². The molecule has 1 aromatic carbocycles. The molecule has 0 fully saturated rings. The summed E-state index contributed by atoms with van der Waals surface area (Å²) in [5, 5.41) is 13.2. The molecule has 2 aromatic rings. The quantitative estimate of drug-likeness (QED) is 0.720. The van der Waals surface area contributed by atoms with Gasteiger partial charge in [-0.2, -0.15) is 0 Å². The monoisotopic (exact) mass is 382 g/mol. The Labute approximate surface area is 152 Å². The lowest BCUT2D eigenvalue weighted by Crippen LogP contribution is -2.31. The highest BCUT2D eigenvalue weighted by atomic mass is 32.2. The van der Waals surface area contributed by atoms with Crippen LogP contribution in [0.3, 0.4) is 0 Å². The molecule has 142 valence electrons. The fourth-order valence-electron chi connectivity index (χ4n) is 2.63. The Balaban J connectivity index is 2.44. The lowest BCUT2D eigenvalue weighted by Gasteiger charge is -2.16. The summed E-state index contributed by atoms with van der Waals surface area (Å²) < 4.78 is 37.0. The molecule has 1 heterocycles. The van der Waals surface area contributed by atoms with Gasteiger partial charge in [0.2, 0.25) is 15.8 Å². The molecule has 0 radical (unpaired) electrons. The molecular weight excluding hydrogens is 360 g/mol. The minimum atomic E-state index is -3.59. The molecule has 2 rings (SSSR count). The van der Waals surface area contributed by atoms with Gasteiger partial charge in [-0.05, 0) is 37.1 Å².